The van der Waals surface area contributed by atoms with Crippen LogP contribution >= 0.6 is 0 Å². The average molecular weight is 443 g/mol. The van der Waals surface area contributed by atoms with Crippen LogP contribution in [0.1, 0.15) is 25.8 Å². The van der Waals surface area contributed by atoms with Crippen LogP contribution in [-0.4, -0.2) is 45.9 Å². The molecular formula is C22H26N4O4S. The van der Waals surface area contributed by atoms with Crippen LogP contribution in [0.3, 0.4) is 0 Å². The molecule has 0 aliphatic carbocycles. The summed E-state index contributed by atoms with van der Waals surface area (Å²) in [6.07, 6.45) is 1.32. The topological polar surface area (TPSA) is 104 Å². The van der Waals surface area contributed by atoms with Crippen molar-refractivity contribution in [2.45, 2.75) is 37.6 Å². The summed E-state index contributed by atoms with van der Waals surface area (Å²) < 4.78 is 23.4. The summed E-state index contributed by atoms with van der Waals surface area (Å²) in [6, 6.07) is 12.2. The van der Waals surface area contributed by atoms with E-state index in [4.69, 9.17) is 5.14 Å². The van der Waals surface area contributed by atoms with E-state index in [1.165, 1.54) is 6.07 Å². The summed E-state index contributed by atoms with van der Waals surface area (Å²) in [4.78, 5) is 31.0. The number of hydrogen-bond donors (Lipinski definition) is 1. The summed E-state index contributed by atoms with van der Waals surface area (Å²) in [5, 5.41) is 5.25. The minimum atomic E-state index is -3.80. The molecule has 2 N–H and O–H groups in total. The maximum atomic E-state index is 13.4. The number of carbonyl (C=O) groups excluding carboxylic acids is 2. The Morgan fingerprint density at radius 2 is 1.77 bits per heavy atom. The van der Waals surface area contributed by atoms with E-state index in [1.807, 2.05) is 36.1 Å². The molecule has 2 amide bonds. The Hall–Kier alpha value is -2.91. The van der Waals surface area contributed by atoms with Crippen molar-refractivity contribution in [3.8, 4) is 0 Å². The average Bonchev–Trinajstić information content (AvgIpc) is 2.92. The Bertz CT molecular complexity index is 1150. The van der Waals surface area contributed by atoms with Gasteiger partial charge in [0.05, 0.1) is 22.8 Å². The number of nitrogens with two attached hydrogens (primary N) is 1. The molecule has 2 heterocycles. The van der Waals surface area contributed by atoms with Gasteiger partial charge < -0.3 is 14.7 Å². The van der Waals surface area contributed by atoms with Crippen LogP contribution in [0.2, 0.25) is 0 Å². The number of anilines is 3. The lowest BCUT2D eigenvalue weighted by atomic mass is 10.1. The Labute approximate surface area is 182 Å². The van der Waals surface area contributed by atoms with Crippen LogP contribution in [0.5, 0.6) is 0 Å². The normalized spacial score (nSPS) is 18.4. The molecule has 31 heavy (non-hydrogen) atoms. The van der Waals surface area contributed by atoms with Crippen LogP contribution in [0.4, 0.5) is 17.1 Å². The van der Waals surface area contributed by atoms with Crippen LogP contribution < -0.4 is 19.8 Å². The minimum absolute atomic E-state index is 0.0200. The second kappa shape index (κ2) is 7.97. The van der Waals surface area contributed by atoms with Crippen molar-refractivity contribution in [3.63, 3.8) is 0 Å². The van der Waals surface area contributed by atoms with E-state index in [0.29, 0.717) is 19.5 Å². The van der Waals surface area contributed by atoms with Crippen LogP contribution in [0, 0.1) is 0 Å². The van der Waals surface area contributed by atoms with Gasteiger partial charge in [0.15, 0.2) is 0 Å². The number of amides is 2. The second-order valence-corrected chi connectivity index (χ2v) is 9.65. The molecule has 1 unspecified atom stereocenters. The molecule has 164 valence electrons. The van der Waals surface area contributed by atoms with Crippen molar-refractivity contribution in [2.75, 3.05) is 34.3 Å². The zero-order valence-electron chi connectivity index (χ0n) is 17.6. The first-order valence-electron chi connectivity index (χ1n) is 10.3. The van der Waals surface area contributed by atoms with Crippen LogP contribution in [0.15, 0.2) is 47.4 Å². The molecule has 2 aromatic rings. The summed E-state index contributed by atoms with van der Waals surface area (Å²) in [5.74, 6) is -0.0888. The maximum absolute atomic E-state index is 13.4. The highest BCUT2D eigenvalue weighted by molar-refractivity contribution is 7.89. The molecule has 0 saturated heterocycles. The van der Waals surface area contributed by atoms with Crippen molar-refractivity contribution < 1.29 is 18.0 Å². The lowest BCUT2D eigenvalue weighted by Crippen LogP contribution is -2.43. The number of fused-ring (bicyclic) bond motifs is 2. The number of benzene rings is 2. The summed E-state index contributed by atoms with van der Waals surface area (Å²) in [6.45, 7) is 4.93. The quantitative estimate of drug-likeness (QED) is 0.782. The molecule has 8 nitrogen and oxygen atoms in total. The Kier molecular flexibility index (Phi) is 5.49. The number of sulfonamides is 1. The third-order valence-electron chi connectivity index (χ3n) is 5.89. The molecule has 0 aromatic heterocycles. The zero-order valence-corrected chi connectivity index (χ0v) is 18.4. The van der Waals surface area contributed by atoms with Crippen molar-refractivity contribution in [3.05, 3.63) is 48.0 Å². The molecule has 0 fully saturated rings. The highest BCUT2D eigenvalue weighted by Crippen LogP contribution is 2.35. The summed E-state index contributed by atoms with van der Waals surface area (Å²) >= 11 is 0. The summed E-state index contributed by atoms with van der Waals surface area (Å²) in [7, 11) is -3.80. The highest BCUT2D eigenvalue weighted by atomic mass is 32.2. The van der Waals surface area contributed by atoms with Gasteiger partial charge in [-0.25, -0.2) is 13.6 Å². The molecule has 9 heteroatoms. The van der Waals surface area contributed by atoms with E-state index in [-0.39, 0.29) is 29.3 Å². The molecule has 2 aliphatic rings. The predicted molar refractivity (Wildman–Crippen MR) is 120 cm³/mol. The Morgan fingerprint density at radius 3 is 2.45 bits per heavy atom. The third kappa shape index (κ3) is 4.03. The lowest BCUT2D eigenvalue weighted by molar-refractivity contribution is -0.118. The number of carbonyl (C=O) groups is 2. The Balaban J connectivity index is 1.62. The fourth-order valence-corrected chi connectivity index (χ4v) is 5.08. The van der Waals surface area contributed by atoms with E-state index in [9.17, 15) is 18.0 Å². The molecular weight excluding hydrogens is 416 g/mol. The largest absolute Gasteiger partial charge is 0.360 e. The van der Waals surface area contributed by atoms with Crippen molar-refractivity contribution >= 4 is 38.9 Å². The standard InChI is InChI=1S/C22H26N4O4S/c1-15-12-17-13-18(31(23,29)30)8-9-19(17)26(15)22(28)14-24-10-5-11-25(16(2)27)21-7-4-3-6-20(21)24/h3-4,6-9,13,15H,5,10-12,14H2,1-2H3,(H2,23,29,30). The maximum Gasteiger partial charge on any atom is 0.246 e. The molecule has 0 radical (unpaired) electrons. The number of hydrogen-bond acceptors (Lipinski definition) is 5. The molecule has 1 atom stereocenters. The third-order valence-corrected chi connectivity index (χ3v) is 6.80. The van der Waals surface area contributed by atoms with Crippen molar-refractivity contribution in [1.82, 2.24) is 0 Å². The van der Waals surface area contributed by atoms with Crippen molar-refractivity contribution in [2.24, 2.45) is 5.14 Å². The first-order valence-corrected chi connectivity index (χ1v) is 11.8. The van der Waals surface area contributed by atoms with Crippen molar-refractivity contribution in [1.29, 1.82) is 0 Å². The van der Waals surface area contributed by atoms with E-state index in [0.717, 1.165) is 29.0 Å². The number of primary sulfonamides is 1. The molecule has 2 aliphatic heterocycles. The molecule has 0 saturated carbocycles. The van der Waals surface area contributed by atoms with E-state index in [1.54, 1.807) is 28.9 Å². The van der Waals surface area contributed by atoms with Gasteiger partial charge in [-0.1, -0.05) is 12.1 Å². The molecule has 0 bridgehead atoms. The first kappa shape index (κ1) is 21.3. The molecule has 4 rings (SSSR count). The fraction of sp³-hybridized carbons (Fsp3) is 0.364. The lowest BCUT2D eigenvalue weighted by Gasteiger charge is -2.29. The van der Waals surface area contributed by atoms with Gasteiger partial charge in [0.1, 0.15) is 0 Å². The summed E-state index contributed by atoms with van der Waals surface area (Å²) in [5.41, 5.74) is 3.19. The first-order chi connectivity index (χ1) is 14.7. The number of para-hydroxylation sites is 2. The van der Waals surface area contributed by atoms with E-state index < -0.39 is 10.0 Å². The monoisotopic (exact) mass is 442 g/mol. The van der Waals surface area contributed by atoms with Gasteiger partial charge in [0, 0.05) is 31.7 Å². The number of rotatable bonds is 3. The van der Waals surface area contributed by atoms with Crippen LogP contribution in [0.25, 0.3) is 0 Å². The van der Waals surface area contributed by atoms with Gasteiger partial charge in [0.25, 0.3) is 0 Å². The zero-order chi connectivity index (χ0) is 22.3. The highest BCUT2D eigenvalue weighted by Gasteiger charge is 2.33. The van der Waals surface area contributed by atoms with E-state index >= 15 is 0 Å². The van der Waals surface area contributed by atoms with Gasteiger partial charge in [-0.15, -0.1) is 0 Å². The van der Waals surface area contributed by atoms with Gasteiger partial charge in [-0.2, -0.15) is 0 Å². The van der Waals surface area contributed by atoms with Gasteiger partial charge in [0.2, 0.25) is 21.8 Å². The minimum Gasteiger partial charge on any atom is -0.360 e. The van der Waals surface area contributed by atoms with Crippen LogP contribution in [-0.2, 0) is 26.0 Å². The SMILES string of the molecule is CC(=O)N1CCCN(CC(=O)N2c3ccc(S(N)(=O)=O)cc3CC2C)c2ccccc21. The smallest absolute Gasteiger partial charge is 0.246 e. The van der Waals surface area contributed by atoms with Gasteiger partial charge in [-0.3, -0.25) is 9.59 Å². The van der Waals surface area contributed by atoms with Gasteiger partial charge >= 0.3 is 0 Å². The van der Waals surface area contributed by atoms with Gasteiger partial charge in [-0.05, 0) is 55.7 Å². The van der Waals surface area contributed by atoms with E-state index in [2.05, 4.69) is 0 Å². The fourth-order valence-electron chi connectivity index (χ4n) is 4.52. The number of nitrogens with zero attached hydrogens (tertiary/aromatic N) is 3. The molecule has 0 spiro atoms. The Morgan fingerprint density at radius 1 is 1.06 bits per heavy atom. The predicted octanol–water partition coefficient (Wildman–Crippen LogP) is 1.87. The second-order valence-electron chi connectivity index (χ2n) is 8.09. The molecule has 2 aromatic carbocycles.